The summed E-state index contributed by atoms with van der Waals surface area (Å²) in [5.74, 6) is -2.50. The van der Waals surface area contributed by atoms with Crippen molar-refractivity contribution < 1.29 is 31.9 Å². The smallest absolute Gasteiger partial charge is 0.308 e. The van der Waals surface area contributed by atoms with Crippen molar-refractivity contribution in [1.82, 2.24) is 0 Å². The molecule has 0 spiro atoms. The first kappa shape index (κ1) is 25.1. The molecule has 0 saturated heterocycles. The molecule has 0 bridgehead atoms. The Morgan fingerprint density at radius 2 is 1.50 bits per heavy atom. The molecule has 0 N–H and O–H groups in total. The number of hydrogen-bond acceptors (Lipinski definition) is 6. The lowest BCUT2D eigenvalue weighted by molar-refractivity contribution is -0.141. The van der Waals surface area contributed by atoms with Gasteiger partial charge in [-0.25, -0.2) is 12.8 Å². The van der Waals surface area contributed by atoms with Gasteiger partial charge in [-0.1, -0.05) is 48.0 Å². The van der Waals surface area contributed by atoms with Gasteiger partial charge in [-0.3, -0.25) is 9.59 Å². The summed E-state index contributed by atoms with van der Waals surface area (Å²) >= 11 is 0. The van der Waals surface area contributed by atoms with Crippen molar-refractivity contribution in [1.29, 1.82) is 0 Å². The quantitative estimate of drug-likeness (QED) is 0.343. The predicted molar refractivity (Wildman–Crippen MR) is 125 cm³/mol. The molecule has 0 amide bonds. The second-order valence-electron chi connectivity index (χ2n) is 7.86. The van der Waals surface area contributed by atoms with Gasteiger partial charge in [-0.05, 0) is 42.8 Å². The molecule has 3 rings (SSSR count). The van der Waals surface area contributed by atoms with Crippen LogP contribution in [0.3, 0.4) is 0 Å². The third-order valence-electron chi connectivity index (χ3n) is 5.31. The molecule has 0 fully saturated rings. The van der Waals surface area contributed by atoms with Gasteiger partial charge in [0.1, 0.15) is 23.4 Å². The first-order valence-corrected chi connectivity index (χ1v) is 12.1. The highest BCUT2D eigenvalue weighted by molar-refractivity contribution is 7.92. The molecule has 0 radical (unpaired) electrons. The van der Waals surface area contributed by atoms with Crippen molar-refractivity contribution in [2.24, 2.45) is 0 Å². The van der Waals surface area contributed by atoms with E-state index in [2.05, 4.69) is 0 Å². The summed E-state index contributed by atoms with van der Waals surface area (Å²) in [6, 6.07) is 18.2. The Balaban J connectivity index is 2.26. The number of hydrogen-bond donors (Lipinski definition) is 0. The van der Waals surface area contributed by atoms with Crippen LogP contribution in [0.2, 0.25) is 0 Å². The van der Waals surface area contributed by atoms with Crippen LogP contribution >= 0.6 is 0 Å². The van der Waals surface area contributed by atoms with Gasteiger partial charge in [-0.15, -0.1) is 0 Å². The van der Waals surface area contributed by atoms with E-state index in [0.29, 0.717) is 11.1 Å². The lowest BCUT2D eigenvalue weighted by Crippen LogP contribution is -2.35. The fourth-order valence-electron chi connectivity index (χ4n) is 3.72. The third-order valence-corrected chi connectivity index (χ3v) is 7.44. The molecule has 6 nitrogen and oxygen atoms in total. The number of halogens is 1. The molecule has 0 heterocycles. The monoisotopic (exact) mass is 484 g/mol. The number of carbonyl (C=O) groups is 2. The van der Waals surface area contributed by atoms with Gasteiger partial charge in [0.2, 0.25) is 0 Å². The normalized spacial score (nSPS) is 13.1. The highest BCUT2D eigenvalue weighted by Gasteiger charge is 2.39. The van der Waals surface area contributed by atoms with Crippen molar-refractivity contribution in [2.75, 3.05) is 6.61 Å². The van der Waals surface area contributed by atoms with Gasteiger partial charge < -0.3 is 9.47 Å². The Kier molecular flexibility index (Phi) is 7.83. The predicted octanol–water partition coefficient (Wildman–Crippen LogP) is 4.60. The zero-order chi connectivity index (χ0) is 24.9. The second kappa shape index (κ2) is 10.6. The van der Waals surface area contributed by atoms with Gasteiger partial charge >= 0.3 is 11.9 Å². The molecule has 34 heavy (non-hydrogen) atoms. The number of sulfone groups is 1. The number of benzene rings is 3. The summed E-state index contributed by atoms with van der Waals surface area (Å²) in [5, 5.41) is -1.29. The molecule has 0 saturated carbocycles. The maximum absolute atomic E-state index is 13.9. The Morgan fingerprint density at radius 1 is 0.882 bits per heavy atom. The van der Waals surface area contributed by atoms with Crippen molar-refractivity contribution in [3.8, 4) is 5.75 Å². The van der Waals surface area contributed by atoms with Crippen molar-refractivity contribution >= 4 is 21.8 Å². The van der Waals surface area contributed by atoms with E-state index in [0.717, 1.165) is 5.56 Å². The fourth-order valence-corrected chi connectivity index (χ4v) is 5.49. The first-order valence-electron chi connectivity index (χ1n) is 10.6. The van der Waals surface area contributed by atoms with Crippen LogP contribution in [0.5, 0.6) is 5.75 Å². The maximum atomic E-state index is 13.9. The van der Waals surface area contributed by atoms with Crippen LogP contribution in [-0.2, 0) is 24.2 Å². The standard InChI is InChI=1S/C26H25FO6S/c1-17-8-14-22(15-9-17)34(30,31)25(16-32-18(2)28)26(20-10-12-21(27)13-11-20)23-6-4-5-7-24(23)33-19(3)29/h4-15,25-26H,16H2,1-3H3. The van der Waals surface area contributed by atoms with Crippen molar-refractivity contribution in [3.63, 3.8) is 0 Å². The van der Waals surface area contributed by atoms with Crippen molar-refractivity contribution in [2.45, 2.75) is 36.8 Å². The minimum Gasteiger partial charge on any atom is -0.464 e. The van der Waals surface area contributed by atoms with Crippen LogP contribution in [0.25, 0.3) is 0 Å². The Morgan fingerprint density at radius 3 is 2.09 bits per heavy atom. The SMILES string of the molecule is CC(=O)OCC(C(c1ccc(F)cc1)c1ccccc1OC(C)=O)S(=O)(=O)c1ccc(C)cc1. The van der Waals surface area contributed by atoms with E-state index >= 15 is 0 Å². The summed E-state index contributed by atoms with van der Waals surface area (Å²) in [6.45, 7) is 3.81. The number of esters is 2. The average molecular weight is 485 g/mol. The van der Waals surface area contributed by atoms with Crippen molar-refractivity contribution in [3.05, 3.63) is 95.3 Å². The Hall–Kier alpha value is -3.52. The number of para-hydroxylation sites is 1. The van der Waals surface area contributed by atoms with E-state index in [1.807, 2.05) is 6.92 Å². The van der Waals surface area contributed by atoms with Crippen LogP contribution in [0.1, 0.15) is 36.5 Å². The van der Waals surface area contributed by atoms with Gasteiger partial charge in [0.15, 0.2) is 9.84 Å². The summed E-state index contributed by atoms with van der Waals surface area (Å²) in [4.78, 5) is 23.5. The molecule has 0 aliphatic heterocycles. The molecule has 8 heteroatoms. The van der Waals surface area contributed by atoms with Gasteiger partial charge in [0, 0.05) is 25.3 Å². The molecule has 178 valence electrons. The minimum atomic E-state index is -4.08. The lowest BCUT2D eigenvalue weighted by Gasteiger charge is -2.29. The summed E-state index contributed by atoms with van der Waals surface area (Å²) in [6.07, 6.45) is 0. The lowest BCUT2D eigenvalue weighted by atomic mass is 9.87. The third kappa shape index (κ3) is 5.88. The number of rotatable bonds is 8. The molecule has 3 aromatic carbocycles. The van der Waals surface area contributed by atoms with Crippen LogP contribution < -0.4 is 4.74 Å². The molecule has 3 aromatic rings. The minimum absolute atomic E-state index is 0.0485. The topological polar surface area (TPSA) is 86.7 Å². The zero-order valence-electron chi connectivity index (χ0n) is 19.0. The molecular weight excluding hydrogens is 459 g/mol. The fraction of sp³-hybridized carbons (Fsp3) is 0.231. The molecule has 2 unspecified atom stereocenters. The molecule has 0 aromatic heterocycles. The molecule has 0 aliphatic rings. The molecule has 2 atom stereocenters. The van der Waals surface area contributed by atoms with E-state index in [1.54, 1.807) is 36.4 Å². The van der Waals surface area contributed by atoms with Gasteiger partial charge in [0.25, 0.3) is 0 Å². The van der Waals surface area contributed by atoms with E-state index in [-0.39, 0.29) is 10.6 Å². The van der Waals surface area contributed by atoms with Crippen LogP contribution in [0, 0.1) is 12.7 Å². The van der Waals surface area contributed by atoms with Crippen LogP contribution in [0.15, 0.2) is 77.7 Å². The number of carbonyl (C=O) groups excluding carboxylic acids is 2. The number of ether oxygens (including phenoxy) is 2. The van der Waals surface area contributed by atoms with E-state index in [4.69, 9.17) is 9.47 Å². The Bertz CT molecular complexity index is 1270. The zero-order valence-corrected chi connectivity index (χ0v) is 19.8. The highest BCUT2D eigenvalue weighted by atomic mass is 32.2. The second-order valence-corrected chi connectivity index (χ2v) is 10.0. The number of aryl methyl sites for hydroxylation is 1. The van der Waals surface area contributed by atoms with E-state index in [1.165, 1.54) is 50.2 Å². The summed E-state index contributed by atoms with van der Waals surface area (Å²) in [5.41, 5.74) is 1.72. The van der Waals surface area contributed by atoms with Crippen LogP contribution in [0.4, 0.5) is 4.39 Å². The van der Waals surface area contributed by atoms with E-state index < -0.39 is 45.4 Å². The first-order chi connectivity index (χ1) is 16.1. The summed E-state index contributed by atoms with van der Waals surface area (Å²) in [7, 11) is -4.08. The van der Waals surface area contributed by atoms with Gasteiger partial charge in [-0.2, -0.15) is 0 Å². The van der Waals surface area contributed by atoms with E-state index in [9.17, 15) is 22.4 Å². The maximum Gasteiger partial charge on any atom is 0.308 e. The average Bonchev–Trinajstić information content (AvgIpc) is 2.78. The Labute approximate surface area is 198 Å². The van der Waals surface area contributed by atoms with Crippen LogP contribution in [-0.4, -0.2) is 32.2 Å². The molecule has 0 aliphatic carbocycles. The molecular formula is C26H25FO6S. The highest BCUT2D eigenvalue weighted by Crippen LogP contribution is 2.39. The van der Waals surface area contributed by atoms with Gasteiger partial charge in [0.05, 0.1) is 4.90 Å². The largest absolute Gasteiger partial charge is 0.464 e. The summed E-state index contributed by atoms with van der Waals surface area (Å²) < 4.78 is 52.1.